The molecule has 0 saturated heterocycles. The first kappa shape index (κ1) is 17.6. The fourth-order valence-corrected chi connectivity index (χ4v) is 1.07. The summed E-state index contributed by atoms with van der Waals surface area (Å²) in [6, 6.07) is 0. The van der Waals surface area contributed by atoms with Gasteiger partial charge in [0.15, 0.2) is 5.71 Å². The van der Waals surface area contributed by atoms with Crippen LogP contribution < -0.4 is 10.2 Å². The van der Waals surface area contributed by atoms with Gasteiger partial charge < -0.3 is 26.4 Å². The van der Waals surface area contributed by atoms with E-state index in [0.717, 1.165) is 0 Å². The molecule has 0 bridgehead atoms. The number of likely N-dealkylation sites (N-methyl/N-ethyl adjacent to an activating group) is 1. The molecule has 1 N–H and O–H groups in total. The summed E-state index contributed by atoms with van der Waals surface area (Å²) in [6.45, 7) is 1.56. The van der Waals surface area contributed by atoms with Crippen LogP contribution in [-0.4, -0.2) is 42.0 Å². The SMILES string of the molecule is C[C-]=NOc1ncncc1/C(=N\OC)C(=O)NC.[Y]. The number of oxime groups is 1. The molecule has 1 aromatic rings. The molecule has 0 fully saturated rings. The third-order valence-corrected chi connectivity index (χ3v) is 1.78. The van der Waals surface area contributed by atoms with Crippen molar-refractivity contribution in [3.05, 3.63) is 18.1 Å². The number of amides is 1. The zero-order valence-electron chi connectivity index (χ0n) is 10.7. The molecule has 0 aliphatic heterocycles. The molecule has 0 aliphatic carbocycles. The Morgan fingerprint density at radius 2 is 2.26 bits per heavy atom. The molecule has 1 radical (unpaired) electrons. The molecular weight excluding hydrogens is 327 g/mol. The molecule has 1 heterocycles. The second-order valence-electron chi connectivity index (χ2n) is 2.85. The van der Waals surface area contributed by atoms with E-state index in [9.17, 15) is 4.79 Å². The van der Waals surface area contributed by atoms with Crippen LogP contribution in [0.5, 0.6) is 5.88 Å². The maximum Gasteiger partial charge on any atom is 0.273 e. The standard InChI is InChI=1S/C10H12N5O3.Y/c1-4-14-18-10-7(5-12-6-13-10)8(15-17-3)9(16)11-2;/h5-6H,1-3H3,(H,11,16);/q-1;/b15-8+;. The van der Waals surface area contributed by atoms with Crippen molar-refractivity contribution < 1.29 is 47.2 Å². The van der Waals surface area contributed by atoms with Crippen LogP contribution in [0.2, 0.25) is 0 Å². The van der Waals surface area contributed by atoms with Gasteiger partial charge in [-0.3, -0.25) is 4.79 Å². The minimum atomic E-state index is -0.457. The van der Waals surface area contributed by atoms with Gasteiger partial charge in [-0.1, -0.05) is 5.16 Å². The van der Waals surface area contributed by atoms with E-state index in [-0.39, 0.29) is 49.9 Å². The molecule has 0 unspecified atom stereocenters. The van der Waals surface area contributed by atoms with Gasteiger partial charge in [0.05, 0.1) is 5.56 Å². The maximum atomic E-state index is 11.6. The van der Waals surface area contributed by atoms with Crippen molar-refractivity contribution in [1.82, 2.24) is 15.3 Å². The monoisotopic (exact) mass is 339 g/mol. The van der Waals surface area contributed by atoms with Gasteiger partial charge in [-0.05, 0) is 0 Å². The summed E-state index contributed by atoms with van der Waals surface area (Å²) in [4.78, 5) is 28.9. The number of nitrogens with one attached hydrogen (secondary N) is 1. The van der Waals surface area contributed by atoms with Crippen molar-refractivity contribution in [2.24, 2.45) is 10.3 Å². The van der Waals surface area contributed by atoms with Crippen molar-refractivity contribution >= 4 is 17.8 Å². The zero-order valence-corrected chi connectivity index (χ0v) is 13.6. The topological polar surface area (TPSA) is 98.1 Å². The largest absolute Gasteiger partial charge is 0.398 e. The Hall–Kier alpha value is -1.41. The molecule has 19 heavy (non-hydrogen) atoms. The van der Waals surface area contributed by atoms with Crippen LogP contribution in [0.3, 0.4) is 0 Å². The van der Waals surface area contributed by atoms with E-state index < -0.39 is 5.91 Å². The molecule has 0 aliphatic rings. The number of aromatic nitrogens is 2. The number of carbonyl (C=O) groups is 1. The number of hydrogen-bond donors (Lipinski definition) is 1. The van der Waals surface area contributed by atoms with Gasteiger partial charge in [-0.25, -0.2) is 4.98 Å². The third-order valence-electron chi connectivity index (χ3n) is 1.78. The van der Waals surface area contributed by atoms with Gasteiger partial charge in [0.1, 0.15) is 13.4 Å². The zero-order chi connectivity index (χ0) is 13.4. The molecule has 8 nitrogen and oxygen atoms in total. The third kappa shape index (κ3) is 5.00. The molecule has 0 saturated carbocycles. The number of nitrogens with zero attached hydrogens (tertiary/aromatic N) is 4. The van der Waals surface area contributed by atoms with Crippen LogP contribution in [0.1, 0.15) is 12.5 Å². The van der Waals surface area contributed by atoms with E-state index in [1.165, 1.54) is 26.7 Å². The summed E-state index contributed by atoms with van der Waals surface area (Å²) in [6.07, 6.45) is 5.07. The van der Waals surface area contributed by atoms with Crippen molar-refractivity contribution in [1.29, 1.82) is 0 Å². The fraction of sp³-hybridized carbons (Fsp3) is 0.300. The predicted octanol–water partition coefficient (Wildman–Crippen LogP) is -0.168. The molecule has 9 heteroatoms. The summed E-state index contributed by atoms with van der Waals surface area (Å²) >= 11 is 0. The number of rotatable bonds is 5. The van der Waals surface area contributed by atoms with Crippen LogP contribution in [0, 0.1) is 0 Å². The van der Waals surface area contributed by atoms with Gasteiger partial charge >= 0.3 is 0 Å². The normalized spacial score (nSPS) is 10.8. The average molecular weight is 339 g/mol. The van der Waals surface area contributed by atoms with Crippen molar-refractivity contribution in [2.75, 3.05) is 14.2 Å². The summed E-state index contributed by atoms with van der Waals surface area (Å²) in [5, 5.41) is 9.50. The Balaban J connectivity index is 0.00000324. The van der Waals surface area contributed by atoms with Gasteiger partial charge in [-0.15, -0.1) is 0 Å². The molecule has 0 atom stereocenters. The van der Waals surface area contributed by atoms with E-state index in [0.29, 0.717) is 0 Å². The van der Waals surface area contributed by atoms with Crippen molar-refractivity contribution in [3.8, 4) is 5.88 Å². The molecule has 1 amide bonds. The maximum absolute atomic E-state index is 11.6. The van der Waals surface area contributed by atoms with Crippen LogP contribution in [0.4, 0.5) is 0 Å². The second kappa shape index (κ2) is 9.51. The van der Waals surface area contributed by atoms with E-state index in [2.05, 4.69) is 36.6 Å². The van der Waals surface area contributed by atoms with Gasteiger partial charge in [-0.2, -0.15) is 11.9 Å². The first-order valence-corrected chi connectivity index (χ1v) is 4.92. The molecule has 0 spiro atoms. The Labute approximate surface area is 135 Å². The van der Waals surface area contributed by atoms with E-state index in [1.807, 2.05) is 0 Å². The van der Waals surface area contributed by atoms with Gasteiger partial charge in [0.25, 0.3) is 11.8 Å². The van der Waals surface area contributed by atoms with Crippen LogP contribution in [0.15, 0.2) is 22.8 Å². The molecule has 99 valence electrons. The molecule has 0 aromatic carbocycles. The molecule has 1 rings (SSSR count). The number of hydrogen-bond acceptors (Lipinski definition) is 7. The average Bonchev–Trinajstić information content (AvgIpc) is 2.42. The van der Waals surface area contributed by atoms with Crippen LogP contribution >= 0.6 is 0 Å². The second-order valence-corrected chi connectivity index (χ2v) is 2.85. The summed E-state index contributed by atoms with van der Waals surface area (Å²) < 4.78 is 0. The van der Waals surface area contributed by atoms with Crippen molar-refractivity contribution in [3.63, 3.8) is 0 Å². The Morgan fingerprint density at radius 3 is 2.84 bits per heavy atom. The van der Waals surface area contributed by atoms with Crippen molar-refractivity contribution in [2.45, 2.75) is 6.92 Å². The summed E-state index contributed by atoms with van der Waals surface area (Å²) in [7, 11) is 2.79. The van der Waals surface area contributed by atoms with E-state index >= 15 is 0 Å². The molecular formula is C10H12N5O3Y-. The minimum Gasteiger partial charge on any atom is -0.398 e. The Bertz CT molecular complexity index is 478. The predicted molar refractivity (Wildman–Crippen MR) is 63.4 cm³/mol. The van der Waals surface area contributed by atoms with E-state index in [4.69, 9.17) is 4.84 Å². The van der Waals surface area contributed by atoms with Crippen LogP contribution in [-0.2, 0) is 42.3 Å². The fourth-order valence-electron chi connectivity index (χ4n) is 1.07. The smallest absolute Gasteiger partial charge is 0.273 e. The van der Waals surface area contributed by atoms with Gasteiger partial charge in [0.2, 0.25) is 0 Å². The summed E-state index contributed by atoms with van der Waals surface area (Å²) in [5.74, 6) is -0.375. The number of carbonyl (C=O) groups excluding carboxylic acids is 1. The minimum absolute atomic E-state index is 0. The van der Waals surface area contributed by atoms with Gasteiger partial charge in [0, 0.05) is 46.0 Å². The molecule has 1 aromatic heterocycles. The first-order valence-electron chi connectivity index (χ1n) is 4.92. The Morgan fingerprint density at radius 1 is 1.53 bits per heavy atom. The van der Waals surface area contributed by atoms with E-state index in [1.54, 1.807) is 6.92 Å². The summed E-state index contributed by atoms with van der Waals surface area (Å²) in [5.41, 5.74) is 0.250. The van der Waals surface area contributed by atoms with Crippen LogP contribution in [0.25, 0.3) is 0 Å². The quantitative estimate of drug-likeness (QED) is 0.456. The first-order chi connectivity index (χ1) is 8.74. The Kier molecular flexibility index (Phi) is 8.81.